The molecule has 1 saturated heterocycles. The molecule has 2 rings (SSSR count). The van der Waals surface area contributed by atoms with Crippen molar-refractivity contribution in [2.45, 2.75) is 6.92 Å². The predicted octanol–water partition coefficient (Wildman–Crippen LogP) is 3.51. The summed E-state index contributed by atoms with van der Waals surface area (Å²) in [6.45, 7) is 2.21. The Hall–Kier alpha value is -1.07. The molecular weight excluding hydrogens is 302 g/mol. The van der Waals surface area contributed by atoms with Crippen LogP contribution in [0.25, 0.3) is 6.08 Å². The maximum absolute atomic E-state index is 11.8. The highest BCUT2D eigenvalue weighted by Gasteiger charge is 2.33. The van der Waals surface area contributed by atoms with Gasteiger partial charge in [-0.2, -0.15) is 0 Å². The van der Waals surface area contributed by atoms with Crippen molar-refractivity contribution in [2.24, 2.45) is 0 Å². The Kier molecular flexibility index (Phi) is 3.69. The number of likely N-dealkylation sites (N-methyl/N-ethyl adjacent to an activating group) is 1. The summed E-state index contributed by atoms with van der Waals surface area (Å²) in [5.41, 5.74) is 0.904. The lowest BCUT2D eigenvalue weighted by atomic mass is 10.2. The zero-order valence-corrected chi connectivity index (χ0v) is 11.5. The number of carbonyl (C=O) groups is 2. The van der Waals surface area contributed by atoms with Crippen LogP contribution in [-0.2, 0) is 4.79 Å². The molecule has 0 unspecified atom stereocenters. The second kappa shape index (κ2) is 5.06. The topological polar surface area (TPSA) is 37.4 Å². The number of benzene rings is 1. The number of rotatable bonds is 2. The molecule has 17 heavy (non-hydrogen) atoms. The van der Waals surface area contributed by atoms with Gasteiger partial charge in [0.15, 0.2) is 0 Å². The van der Waals surface area contributed by atoms with E-state index in [4.69, 9.17) is 0 Å². The molecular formula is C12H10BrNO2S. The van der Waals surface area contributed by atoms with Gasteiger partial charge in [-0.25, -0.2) is 0 Å². The van der Waals surface area contributed by atoms with Gasteiger partial charge in [0.1, 0.15) is 0 Å². The van der Waals surface area contributed by atoms with Crippen LogP contribution in [0, 0.1) is 0 Å². The monoisotopic (exact) mass is 311 g/mol. The minimum absolute atomic E-state index is 0.196. The number of hydrogen-bond donors (Lipinski definition) is 0. The van der Waals surface area contributed by atoms with E-state index in [-0.39, 0.29) is 11.1 Å². The van der Waals surface area contributed by atoms with Crippen LogP contribution in [0.2, 0.25) is 0 Å². The Balaban J connectivity index is 2.30. The lowest BCUT2D eigenvalue weighted by Gasteiger charge is -2.06. The highest BCUT2D eigenvalue weighted by Crippen LogP contribution is 2.32. The quantitative estimate of drug-likeness (QED) is 0.784. The van der Waals surface area contributed by atoms with E-state index in [0.717, 1.165) is 21.8 Å². The summed E-state index contributed by atoms with van der Waals surface area (Å²) in [5.74, 6) is -0.206. The standard InChI is InChI=1S/C12H10BrNO2S/c1-2-14-11(15)10(17-12(14)16)7-8-4-3-5-9(13)6-8/h3-7H,2H2,1H3. The van der Waals surface area contributed by atoms with Crippen LogP contribution >= 0.6 is 27.7 Å². The van der Waals surface area contributed by atoms with Crippen molar-refractivity contribution in [3.05, 3.63) is 39.2 Å². The zero-order chi connectivity index (χ0) is 12.4. The summed E-state index contributed by atoms with van der Waals surface area (Å²) in [6.07, 6.45) is 1.74. The number of nitrogens with zero attached hydrogens (tertiary/aromatic N) is 1. The highest BCUT2D eigenvalue weighted by molar-refractivity contribution is 9.10. The summed E-state index contributed by atoms with van der Waals surface area (Å²) >= 11 is 4.36. The fourth-order valence-electron chi connectivity index (χ4n) is 1.52. The van der Waals surface area contributed by atoms with Gasteiger partial charge >= 0.3 is 0 Å². The molecule has 1 heterocycles. The first-order valence-corrected chi connectivity index (χ1v) is 6.73. The Labute approximate surface area is 112 Å². The number of amides is 2. The normalized spacial score (nSPS) is 18.2. The SMILES string of the molecule is CCN1C(=O)SC(=Cc2cccc(Br)c2)C1=O. The van der Waals surface area contributed by atoms with Gasteiger partial charge in [-0.15, -0.1) is 0 Å². The molecule has 0 radical (unpaired) electrons. The van der Waals surface area contributed by atoms with E-state index in [1.807, 2.05) is 24.3 Å². The Morgan fingerprint density at radius 3 is 2.76 bits per heavy atom. The summed E-state index contributed by atoms with van der Waals surface area (Å²) in [6, 6.07) is 7.60. The highest BCUT2D eigenvalue weighted by atomic mass is 79.9. The second-order valence-corrected chi connectivity index (χ2v) is 5.39. The van der Waals surface area contributed by atoms with Crippen molar-refractivity contribution in [2.75, 3.05) is 6.54 Å². The van der Waals surface area contributed by atoms with Crippen LogP contribution in [0.5, 0.6) is 0 Å². The van der Waals surface area contributed by atoms with Gasteiger partial charge in [-0.3, -0.25) is 14.5 Å². The first-order valence-electron chi connectivity index (χ1n) is 5.12. The molecule has 1 aliphatic rings. The van der Waals surface area contributed by atoms with Gasteiger partial charge in [-0.1, -0.05) is 28.1 Å². The maximum Gasteiger partial charge on any atom is 0.293 e. The van der Waals surface area contributed by atoms with Crippen molar-refractivity contribution < 1.29 is 9.59 Å². The average molecular weight is 312 g/mol. The molecule has 1 aromatic carbocycles. The summed E-state index contributed by atoms with van der Waals surface area (Å²) < 4.78 is 0.945. The lowest BCUT2D eigenvalue weighted by molar-refractivity contribution is -0.122. The minimum Gasteiger partial charge on any atom is -0.269 e. The average Bonchev–Trinajstić information content (AvgIpc) is 2.54. The zero-order valence-electron chi connectivity index (χ0n) is 9.14. The first-order chi connectivity index (χ1) is 8.11. The van der Waals surface area contributed by atoms with Crippen LogP contribution in [-0.4, -0.2) is 22.6 Å². The van der Waals surface area contributed by atoms with E-state index in [1.54, 1.807) is 13.0 Å². The van der Waals surface area contributed by atoms with Crippen LogP contribution in [0.15, 0.2) is 33.6 Å². The van der Waals surface area contributed by atoms with E-state index < -0.39 is 0 Å². The van der Waals surface area contributed by atoms with E-state index >= 15 is 0 Å². The maximum atomic E-state index is 11.8. The summed E-state index contributed by atoms with van der Waals surface area (Å²) in [7, 11) is 0. The first kappa shape index (κ1) is 12.4. The van der Waals surface area contributed by atoms with E-state index in [0.29, 0.717) is 11.4 Å². The Bertz CT molecular complexity index is 513. The molecule has 88 valence electrons. The molecule has 1 aromatic rings. The molecule has 1 fully saturated rings. The molecule has 5 heteroatoms. The molecule has 0 bridgehead atoms. The van der Waals surface area contributed by atoms with Crippen molar-refractivity contribution in [3.8, 4) is 0 Å². The molecule has 0 atom stereocenters. The van der Waals surface area contributed by atoms with Crippen LogP contribution in [0.3, 0.4) is 0 Å². The minimum atomic E-state index is -0.206. The molecule has 0 aromatic heterocycles. The second-order valence-electron chi connectivity index (χ2n) is 3.48. The molecule has 0 spiro atoms. The molecule has 1 aliphatic heterocycles. The third-order valence-corrected chi connectivity index (χ3v) is 3.74. The van der Waals surface area contributed by atoms with E-state index in [1.165, 1.54) is 4.90 Å². The lowest BCUT2D eigenvalue weighted by Crippen LogP contribution is -2.27. The van der Waals surface area contributed by atoms with Crippen LogP contribution in [0.1, 0.15) is 12.5 Å². The molecule has 0 aliphatic carbocycles. The third-order valence-electron chi connectivity index (χ3n) is 2.34. The van der Waals surface area contributed by atoms with Gasteiger partial charge in [0, 0.05) is 11.0 Å². The molecule has 0 saturated carbocycles. The molecule has 2 amide bonds. The number of hydrogen-bond acceptors (Lipinski definition) is 3. The predicted molar refractivity (Wildman–Crippen MR) is 72.5 cm³/mol. The smallest absolute Gasteiger partial charge is 0.269 e. The van der Waals surface area contributed by atoms with Gasteiger partial charge in [0.2, 0.25) is 0 Å². The largest absolute Gasteiger partial charge is 0.293 e. The number of imide groups is 1. The molecule has 3 nitrogen and oxygen atoms in total. The van der Waals surface area contributed by atoms with E-state index in [9.17, 15) is 9.59 Å². The van der Waals surface area contributed by atoms with Gasteiger partial charge in [0.05, 0.1) is 4.91 Å². The fraction of sp³-hybridized carbons (Fsp3) is 0.167. The summed E-state index contributed by atoms with van der Waals surface area (Å²) in [4.78, 5) is 25.1. The van der Waals surface area contributed by atoms with Crippen LogP contribution in [0.4, 0.5) is 4.79 Å². The number of halogens is 1. The van der Waals surface area contributed by atoms with Gasteiger partial charge < -0.3 is 0 Å². The van der Waals surface area contributed by atoms with Crippen molar-refractivity contribution in [1.29, 1.82) is 0 Å². The van der Waals surface area contributed by atoms with Gasteiger partial charge in [0.25, 0.3) is 11.1 Å². The van der Waals surface area contributed by atoms with Crippen molar-refractivity contribution >= 4 is 44.9 Å². The third kappa shape index (κ3) is 2.61. The fourth-order valence-corrected chi connectivity index (χ4v) is 2.84. The van der Waals surface area contributed by atoms with Crippen molar-refractivity contribution in [3.63, 3.8) is 0 Å². The van der Waals surface area contributed by atoms with E-state index in [2.05, 4.69) is 15.9 Å². The Morgan fingerprint density at radius 1 is 1.41 bits per heavy atom. The number of thioether (sulfide) groups is 1. The van der Waals surface area contributed by atoms with Crippen molar-refractivity contribution in [1.82, 2.24) is 4.90 Å². The number of carbonyl (C=O) groups excluding carboxylic acids is 2. The van der Waals surface area contributed by atoms with Crippen LogP contribution < -0.4 is 0 Å². The Morgan fingerprint density at radius 2 is 2.18 bits per heavy atom. The van der Waals surface area contributed by atoms with Gasteiger partial charge in [-0.05, 0) is 42.5 Å². The molecule has 0 N–H and O–H groups in total. The summed E-state index contributed by atoms with van der Waals surface area (Å²) in [5, 5.41) is -0.196.